The smallest absolute Gasteiger partial charge is 0.254 e. The van der Waals surface area contributed by atoms with Gasteiger partial charge in [0.1, 0.15) is 0 Å². The van der Waals surface area contributed by atoms with E-state index < -0.39 is 0 Å². The first kappa shape index (κ1) is 14.3. The van der Waals surface area contributed by atoms with Crippen LogP contribution in [-0.2, 0) is 0 Å². The van der Waals surface area contributed by atoms with Crippen LogP contribution in [-0.4, -0.2) is 23.7 Å². The van der Waals surface area contributed by atoms with Crippen molar-refractivity contribution < 1.29 is 9.90 Å². The molecular formula is C12H15Cl2NO2. The summed E-state index contributed by atoms with van der Waals surface area (Å²) in [5.74, 6) is -0.305. The number of aliphatic hydroxyl groups is 1. The van der Waals surface area contributed by atoms with E-state index in [-0.39, 0.29) is 24.1 Å². The van der Waals surface area contributed by atoms with Crippen LogP contribution < -0.4 is 5.32 Å². The summed E-state index contributed by atoms with van der Waals surface area (Å²) in [6.45, 7) is 1.98. The largest absolute Gasteiger partial charge is 0.396 e. The van der Waals surface area contributed by atoms with Crippen molar-refractivity contribution in [1.29, 1.82) is 0 Å². The fourth-order valence-electron chi connectivity index (χ4n) is 1.51. The van der Waals surface area contributed by atoms with Crippen molar-refractivity contribution in [1.82, 2.24) is 5.32 Å². The molecule has 0 aliphatic heterocycles. The number of hydrogen-bond donors (Lipinski definition) is 2. The predicted molar refractivity (Wildman–Crippen MR) is 69.7 cm³/mol. The third kappa shape index (κ3) is 3.87. The van der Waals surface area contributed by atoms with E-state index in [1.165, 1.54) is 0 Å². The Morgan fingerprint density at radius 3 is 2.47 bits per heavy atom. The van der Waals surface area contributed by atoms with Crippen LogP contribution in [0, 0.1) is 0 Å². The first-order chi connectivity index (χ1) is 8.10. The number of hydrogen-bond acceptors (Lipinski definition) is 2. The fraction of sp³-hybridized carbons (Fsp3) is 0.417. The number of rotatable bonds is 5. The highest BCUT2D eigenvalue weighted by Gasteiger charge is 2.17. The van der Waals surface area contributed by atoms with Crippen LogP contribution in [0.3, 0.4) is 0 Å². The third-order valence-electron chi connectivity index (χ3n) is 2.50. The Balaban J connectivity index is 2.82. The molecule has 0 saturated carbocycles. The average molecular weight is 276 g/mol. The molecule has 1 rings (SSSR count). The minimum atomic E-state index is -0.305. The zero-order chi connectivity index (χ0) is 12.8. The molecule has 3 nitrogen and oxygen atoms in total. The van der Waals surface area contributed by atoms with E-state index >= 15 is 0 Å². The van der Waals surface area contributed by atoms with E-state index in [0.717, 1.165) is 6.42 Å². The van der Waals surface area contributed by atoms with Gasteiger partial charge in [0, 0.05) is 12.6 Å². The number of carbonyl (C=O) groups is 1. The number of halogens is 2. The second-order valence-electron chi connectivity index (χ2n) is 3.69. The molecule has 0 aliphatic rings. The summed E-state index contributed by atoms with van der Waals surface area (Å²) in [5, 5.41) is 12.3. The minimum absolute atomic E-state index is 0.0367. The zero-order valence-corrected chi connectivity index (χ0v) is 11.1. The SMILES string of the molecule is CCC(CCO)NC(=O)c1c(Cl)cccc1Cl. The van der Waals surface area contributed by atoms with Gasteiger partial charge in [-0.25, -0.2) is 0 Å². The number of nitrogens with one attached hydrogen (secondary N) is 1. The standard InChI is InChI=1S/C12H15Cl2NO2/c1-2-8(6-7-16)15-12(17)11-9(13)4-3-5-10(11)14/h3-5,8,16H,2,6-7H2,1H3,(H,15,17). The maximum atomic E-state index is 12.0. The Morgan fingerprint density at radius 1 is 1.41 bits per heavy atom. The van der Waals surface area contributed by atoms with E-state index in [2.05, 4.69) is 5.32 Å². The maximum Gasteiger partial charge on any atom is 0.254 e. The molecule has 1 amide bonds. The summed E-state index contributed by atoms with van der Waals surface area (Å²) in [6.07, 6.45) is 1.26. The molecule has 1 aromatic rings. The molecule has 1 atom stereocenters. The molecule has 0 aromatic heterocycles. The number of amides is 1. The van der Waals surface area contributed by atoms with Gasteiger partial charge in [0.15, 0.2) is 0 Å². The monoisotopic (exact) mass is 275 g/mol. The van der Waals surface area contributed by atoms with E-state index in [4.69, 9.17) is 28.3 Å². The van der Waals surface area contributed by atoms with Gasteiger partial charge in [-0.2, -0.15) is 0 Å². The van der Waals surface area contributed by atoms with Crippen molar-refractivity contribution in [2.45, 2.75) is 25.8 Å². The van der Waals surface area contributed by atoms with Crippen LogP contribution in [0.2, 0.25) is 10.0 Å². The Morgan fingerprint density at radius 2 is 2.00 bits per heavy atom. The molecule has 0 aliphatic carbocycles. The molecule has 0 saturated heterocycles. The van der Waals surface area contributed by atoms with Crippen molar-refractivity contribution in [3.63, 3.8) is 0 Å². The second kappa shape index (κ2) is 6.84. The molecule has 0 bridgehead atoms. The van der Waals surface area contributed by atoms with Crippen molar-refractivity contribution in [3.8, 4) is 0 Å². The number of benzene rings is 1. The van der Waals surface area contributed by atoms with Gasteiger partial charge in [0.05, 0.1) is 15.6 Å². The van der Waals surface area contributed by atoms with Crippen LogP contribution in [0.25, 0.3) is 0 Å². The van der Waals surface area contributed by atoms with Gasteiger partial charge in [-0.1, -0.05) is 36.2 Å². The highest BCUT2D eigenvalue weighted by atomic mass is 35.5. The first-order valence-corrected chi connectivity index (χ1v) is 6.21. The van der Waals surface area contributed by atoms with Crippen molar-refractivity contribution in [2.75, 3.05) is 6.61 Å². The quantitative estimate of drug-likeness (QED) is 0.868. The molecule has 1 aromatic carbocycles. The van der Waals surface area contributed by atoms with Crippen LogP contribution in [0.15, 0.2) is 18.2 Å². The second-order valence-corrected chi connectivity index (χ2v) is 4.50. The number of aliphatic hydroxyl groups excluding tert-OH is 1. The Labute approximate surface area is 111 Å². The first-order valence-electron chi connectivity index (χ1n) is 5.45. The van der Waals surface area contributed by atoms with Crippen LogP contribution in [0.1, 0.15) is 30.1 Å². The summed E-state index contributed by atoms with van der Waals surface area (Å²) in [5.41, 5.74) is 0.284. The van der Waals surface area contributed by atoms with E-state index in [1.807, 2.05) is 6.92 Å². The van der Waals surface area contributed by atoms with Gasteiger partial charge < -0.3 is 10.4 Å². The third-order valence-corrected chi connectivity index (χ3v) is 3.13. The van der Waals surface area contributed by atoms with Crippen LogP contribution in [0.5, 0.6) is 0 Å². The van der Waals surface area contributed by atoms with Crippen LogP contribution in [0.4, 0.5) is 0 Å². The van der Waals surface area contributed by atoms with Gasteiger partial charge in [0.25, 0.3) is 5.91 Å². The molecular weight excluding hydrogens is 261 g/mol. The topological polar surface area (TPSA) is 49.3 Å². The maximum absolute atomic E-state index is 12.0. The Hall–Kier alpha value is -0.770. The summed E-state index contributed by atoms with van der Waals surface area (Å²) in [6, 6.07) is 4.86. The summed E-state index contributed by atoms with van der Waals surface area (Å²) in [7, 11) is 0. The van der Waals surface area contributed by atoms with Gasteiger partial charge in [0.2, 0.25) is 0 Å². The van der Waals surface area contributed by atoms with Gasteiger partial charge in [-0.05, 0) is 25.0 Å². The van der Waals surface area contributed by atoms with E-state index in [1.54, 1.807) is 18.2 Å². The van der Waals surface area contributed by atoms with Crippen molar-refractivity contribution >= 4 is 29.1 Å². The predicted octanol–water partition coefficient (Wildman–Crippen LogP) is 2.88. The summed E-state index contributed by atoms with van der Waals surface area (Å²) in [4.78, 5) is 12.0. The average Bonchev–Trinajstić information content (AvgIpc) is 2.28. The number of carbonyl (C=O) groups excluding carboxylic acids is 1. The highest BCUT2D eigenvalue weighted by molar-refractivity contribution is 6.39. The molecule has 0 heterocycles. The summed E-state index contributed by atoms with van der Waals surface area (Å²) >= 11 is 11.9. The van der Waals surface area contributed by atoms with Crippen molar-refractivity contribution in [2.24, 2.45) is 0 Å². The molecule has 0 spiro atoms. The zero-order valence-electron chi connectivity index (χ0n) is 9.54. The highest BCUT2D eigenvalue weighted by Crippen LogP contribution is 2.24. The fourth-order valence-corrected chi connectivity index (χ4v) is 2.08. The molecule has 94 valence electrons. The molecule has 5 heteroatoms. The summed E-state index contributed by atoms with van der Waals surface area (Å²) < 4.78 is 0. The molecule has 17 heavy (non-hydrogen) atoms. The molecule has 1 unspecified atom stereocenters. The van der Waals surface area contributed by atoms with E-state index in [9.17, 15) is 4.79 Å². The molecule has 0 fully saturated rings. The Kier molecular flexibility index (Phi) is 5.75. The molecule has 2 N–H and O–H groups in total. The van der Waals surface area contributed by atoms with E-state index in [0.29, 0.717) is 16.5 Å². The lowest BCUT2D eigenvalue weighted by Crippen LogP contribution is -2.35. The minimum Gasteiger partial charge on any atom is -0.396 e. The van der Waals surface area contributed by atoms with Gasteiger partial charge in [-0.15, -0.1) is 0 Å². The van der Waals surface area contributed by atoms with Crippen LogP contribution >= 0.6 is 23.2 Å². The van der Waals surface area contributed by atoms with Gasteiger partial charge >= 0.3 is 0 Å². The lowest BCUT2D eigenvalue weighted by Gasteiger charge is -2.16. The normalized spacial score (nSPS) is 12.2. The Bertz CT molecular complexity index is 376. The lowest BCUT2D eigenvalue weighted by atomic mass is 10.1. The van der Waals surface area contributed by atoms with Crippen molar-refractivity contribution in [3.05, 3.63) is 33.8 Å². The molecule has 0 radical (unpaired) electrons. The lowest BCUT2D eigenvalue weighted by molar-refractivity contribution is 0.0929. The van der Waals surface area contributed by atoms with Gasteiger partial charge in [-0.3, -0.25) is 4.79 Å².